The van der Waals surface area contributed by atoms with Gasteiger partial charge in [-0.2, -0.15) is 0 Å². The molecule has 2 rings (SSSR count). The van der Waals surface area contributed by atoms with Crippen LogP contribution in [0.15, 0.2) is 29.2 Å². The summed E-state index contributed by atoms with van der Waals surface area (Å²) in [5.41, 5.74) is -0.213. The maximum absolute atomic E-state index is 12.0. The third-order valence-corrected chi connectivity index (χ3v) is 4.67. The van der Waals surface area contributed by atoms with Crippen LogP contribution in [0.5, 0.6) is 0 Å². The van der Waals surface area contributed by atoms with Crippen molar-refractivity contribution in [2.24, 2.45) is 0 Å². The lowest BCUT2D eigenvalue weighted by Crippen LogP contribution is -2.39. The van der Waals surface area contributed by atoms with Crippen molar-refractivity contribution in [2.45, 2.75) is 30.2 Å². The van der Waals surface area contributed by atoms with Gasteiger partial charge < -0.3 is 5.11 Å². The zero-order valence-corrected chi connectivity index (χ0v) is 10.8. The van der Waals surface area contributed by atoms with Crippen LogP contribution in [0.2, 0.25) is 0 Å². The molecule has 1 aliphatic rings. The molecule has 0 bridgehead atoms. The van der Waals surface area contributed by atoms with E-state index in [1.807, 2.05) is 0 Å². The Hall–Kier alpha value is -1.24. The quantitative estimate of drug-likeness (QED) is 0.770. The number of Topliss-reactive ketones (excluding diaryl/α,β-unsaturated/α-hetero) is 1. The lowest BCUT2D eigenvalue weighted by Gasteiger charge is -2.14. The average molecular weight is 269 g/mol. The molecule has 0 saturated heterocycles. The summed E-state index contributed by atoms with van der Waals surface area (Å²) in [7, 11) is -3.63. The van der Waals surface area contributed by atoms with Gasteiger partial charge in [0.25, 0.3) is 0 Å². The van der Waals surface area contributed by atoms with Crippen LogP contribution in [0.1, 0.15) is 30.1 Å². The van der Waals surface area contributed by atoms with E-state index < -0.39 is 15.6 Å². The molecule has 18 heavy (non-hydrogen) atoms. The van der Waals surface area contributed by atoms with Crippen LogP contribution >= 0.6 is 0 Å². The molecule has 0 atom stereocenters. The molecule has 1 saturated carbocycles. The zero-order chi connectivity index (χ0) is 13.4. The largest absolute Gasteiger partial charge is 0.394 e. The van der Waals surface area contributed by atoms with Crippen molar-refractivity contribution >= 4 is 15.8 Å². The van der Waals surface area contributed by atoms with Crippen LogP contribution in [0, 0.1) is 0 Å². The monoisotopic (exact) mass is 269 g/mol. The van der Waals surface area contributed by atoms with E-state index in [9.17, 15) is 13.2 Å². The fourth-order valence-electron chi connectivity index (χ4n) is 1.66. The Labute approximate surface area is 106 Å². The maximum Gasteiger partial charge on any atom is 0.241 e. The van der Waals surface area contributed by atoms with Gasteiger partial charge in [-0.3, -0.25) is 4.79 Å². The van der Waals surface area contributed by atoms with E-state index in [2.05, 4.69) is 4.72 Å². The highest BCUT2D eigenvalue weighted by molar-refractivity contribution is 7.89. The molecular formula is C12H15NO4S. The van der Waals surface area contributed by atoms with E-state index in [0.717, 1.165) is 0 Å². The van der Waals surface area contributed by atoms with Crippen molar-refractivity contribution in [1.29, 1.82) is 0 Å². The summed E-state index contributed by atoms with van der Waals surface area (Å²) in [5.74, 6) is -0.110. The first-order valence-corrected chi connectivity index (χ1v) is 7.13. The van der Waals surface area contributed by atoms with Gasteiger partial charge in [-0.25, -0.2) is 13.1 Å². The van der Waals surface area contributed by atoms with E-state index in [-0.39, 0.29) is 17.3 Å². The second-order valence-electron chi connectivity index (χ2n) is 4.62. The van der Waals surface area contributed by atoms with Crippen LogP contribution in [-0.4, -0.2) is 31.5 Å². The molecule has 0 aromatic heterocycles. The normalized spacial score (nSPS) is 17.4. The van der Waals surface area contributed by atoms with Gasteiger partial charge in [0.05, 0.1) is 17.0 Å². The Morgan fingerprint density at radius 2 is 1.89 bits per heavy atom. The van der Waals surface area contributed by atoms with Crippen molar-refractivity contribution < 1.29 is 18.3 Å². The maximum atomic E-state index is 12.0. The summed E-state index contributed by atoms with van der Waals surface area (Å²) < 4.78 is 26.5. The van der Waals surface area contributed by atoms with Crippen molar-refractivity contribution in [3.05, 3.63) is 29.8 Å². The van der Waals surface area contributed by atoms with Gasteiger partial charge in [0.2, 0.25) is 10.0 Å². The van der Waals surface area contributed by atoms with Crippen LogP contribution in [0.4, 0.5) is 0 Å². The minimum Gasteiger partial charge on any atom is -0.394 e. The fourth-order valence-corrected chi connectivity index (χ4v) is 3.11. The van der Waals surface area contributed by atoms with Gasteiger partial charge in [0.1, 0.15) is 0 Å². The van der Waals surface area contributed by atoms with Gasteiger partial charge in [0, 0.05) is 5.56 Å². The third kappa shape index (κ3) is 2.60. The fraction of sp³-hybridized carbons (Fsp3) is 0.417. The number of hydrogen-bond donors (Lipinski definition) is 2. The number of sulfonamides is 1. The van der Waals surface area contributed by atoms with Crippen LogP contribution in [0.3, 0.4) is 0 Å². The van der Waals surface area contributed by atoms with Gasteiger partial charge in [-0.05, 0) is 31.9 Å². The Bertz CT molecular complexity index is 558. The molecule has 0 aliphatic heterocycles. The van der Waals surface area contributed by atoms with Gasteiger partial charge in [-0.15, -0.1) is 0 Å². The van der Waals surface area contributed by atoms with E-state index in [4.69, 9.17) is 5.11 Å². The molecule has 1 aromatic carbocycles. The average Bonchev–Trinajstić information content (AvgIpc) is 3.09. The molecule has 1 aliphatic carbocycles. The minimum absolute atomic E-state index is 0.104. The first-order valence-electron chi connectivity index (χ1n) is 5.64. The lowest BCUT2D eigenvalue weighted by atomic mass is 10.2. The molecule has 0 spiro atoms. The molecule has 0 amide bonds. The zero-order valence-electron chi connectivity index (χ0n) is 10.0. The summed E-state index contributed by atoms with van der Waals surface area (Å²) in [6.45, 7) is 1.23. The van der Waals surface area contributed by atoms with E-state index >= 15 is 0 Å². The van der Waals surface area contributed by atoms with Crippen molar-refractivity contribution in [1.82, 2.24) is 4.72 Å². The van der Waals surface area contributed by atoms with Gasteiger partial charge >= 0.3 is 0 Å². The van der Waals surface area contributed by atoms with Crippen molar-refractivity contribution in [3.8, 4) is 0 Å². The second-order valence-corrected chi connectivity index (χ2v) is 6.31. The number of rotatable bonds is 5. The Morgan fingerprint density at radius 3 is 2.28 bits per heavy atom. The number of ketones is 1. The lowest BCUT2D eigenvalue weighted by molar-refractivity contribution is 0.101. The third-order valence-electron chi connectivity index (χ3n) is 3.08. The predicted octanol–water partition coefficient (Wildman–Crippen LogP) is 0.692. The number of aliphatic hydroxyl groups is 1. The van der Waals surface area contributed by atoms with Gasteiger partial charge in [-0.1, -0.05) is 12.1 Å². The number of aliphatic hydroxyl groups excluding tert-OH is 1. The Balaban J connectivity index is 2.22. The number of nitrogens with one attached hydrogen (secondary N) is 1. The predicted molar refractivity (Wildman–Crippen MR) is 65.8 cm³/mol. The molecular weight excluding hydrogens is 254 g/mol. The first kappa shape index (κ1) is 13.2. The van der Waals surface area contributed by atoms with Crippen molar-refractivity contribution in [3.63, 3.8) is 0 Å². The summed E-state index contributed by atoms with van der Waals surface area (Å²) >= 11 is 0. The highest BCUT2D eigenvalue weighted by atomic mass is 32.2. The van der Waals surface area contributed by atoms with Crippen molar-refractivity contribution in [2.75, 3.05) is 6.61 Å². The minimum atomic E-state index is -3.63. The summed E-state index contributed by atoms with van der Waals surface area (Å²) in [5, 5.41) is 9.11. The van der Waals surface area contributed by atoms with E-state index in [1.165, 1.54) is 31.2 Å². The number of benzene rings is 1. The number of carbonyl (C=O) groups excluding carboxylic acids is 1. The second kappa shape index (κ2) is 4.46. The molecule has 2 N–H and O–H groups in total. The van der Waals surface area contributed by atoms with Crippen LogP contribution in [0.25, 0.3) is 0 Å². The van der Waals surface area contributed by atoms with Crippen LogP contribution in [-0.2, 0) is 10.0 Å². The van der Waals surface area contributed by atoms with Gasteiger partial charge in [0.15, 0.2) is 5.78 Å². The highest BCUT2D eigenvalue weighted by Gasteiger charge is 2.45. The molecule has 5 nitrogen and oxygen atoms in total. The smallest absolute Gasteiger partial charge is 0.241 e. The molecule has 0 unspecified atom stereocenters. The van der Waals surface area contributed by atoms with E-state index in [1.54, 1.807) is 0 Å². The summed E-state index contributed by atoms with van der Waals surface area (Å²) in [6.07, 6.45) is 1.29. The van der Waals surface area contributed by atoms with E-state index in [0.29, 0.717) is 18.4 Å². The number of hydrogen-bond acceptors (Lipinski definition) is 4. The Kier molecular flexibility index (Phi) is 3.27. The standard InChI is InChI=1S/C12H15NO4S/c1-9(15)10-2-4-11(5-3-10)18(16,17)13-12(8-14)6-7-12/h2-5,13-14H,6-8H2,1H3. The highest BCUT2D eigenvalue weighted by Crippen LogP contribution is 2.36. The Morgan fingerprint density at radius 1 is 1.33 bits per heavy atom. The summed E-state index contributed by atoms with van der Waals surface area (Å²) in [6, 6.07) is 5.75. The molecule has 1 aromatic rings. The molecule has 1 fully saturated rings. The number of carbonyl (C=O) groups is 1. The molecule has 98 valence electrons. The molecule has 6 heteroatoms. The molecule has 0 radical (unpaired) electrons. The SMILES string of the molecule is CC(=O)c1ccc(S(=O)(=O)NC2(CO)CC2)cc1. The van der Waals surface area contributed by atoms with Crippen LogP contribution < -0.4 is 4.72 Å². The first-order chi connectivity index (χ1) is 8.38. The molecule has 0 heterocycles. The summed E-state index contributed by atoms with van der Waals surface area (Å²) in [4.78, 5) is 11.2. The topological polar surface area (TPSA) is 83.5 Å².